The van der Waals surface area contributed by atoms with E-state index in [1.807, 2.05) is 12.2 Å². The van der Waals surface area contributed by atoms with Crippen LogP contribution < -0.4 is 0 Å². The van der Waals surface area contributed by atoms with Crippen LogP contribution in [0.1, 0.15) is 6.42 Å². The second-order valence-electron chi connectivity index (χ2n) is 4.63. The normalized spacial score (nSPS) is 46.3. The fourth-order valence-corrected chi connectivity index (χ4v) is 3.43. The number of hydrogen-bond donors (Lipinski definition) is 2. The average molecular weight is 205 g/mol. The lowest BCUT2D eigenvalue weighted by Gasteiger charge is -2.17. The number of allylic oxidation sites excluding steroid dienone is 2. The summed E-state index contributed by atoms with van der Waals surface area (Å²) in [6.45, 7) is 0. The summed E-state index contributed by atoms with van der Waals surface area (Å²) in [5.74, 6) is -2.46. The first-order valence-corrected chi connectivity index (χ1v) is 5.14. The van der Waals surface area contributed by atoms with Crippen molar-refractivity contribution in [1.29, 1.82) is 5.41 Å². The molecule has 15 heavy (non-hydrogen) atoms. The number of rotatable bonds is 1. The zero-order chi connectivity index (χ0) is 10.7. The lowest BCUT2D eigenvalue weighted by molar-refractivity contribution is -0.143. The van der Waals surface area contributed by atoms with Gasteiger partial charge in [-0.05, 0) is 18.3 Å². The smallest absolute Gasteiger partial charge is 0.319 e. The van der Waals surface area contributed by atoms with Gasteiger partial charge in [0.25, 0.3) is 0 Å². The number of nitrogens with one attached hydrogen (secondary N) is 1. The third-order valence-electron chi connectivity index (χ3n) is 3.99. The van der Waals surface area contributed by atoms with Gasteiger partial charge < -0.3 is 10.5 Å². The zero-order valence-corrected chi connectivity index (χ0v) is 8.01. The van der Waals surface area contributed by atoms with Crippen LogP contribution in [-0.4, -0.2) is 22.6 Å². The van der Waals surface area contributed by atoms with Crippen LogP contribution in [0.2, 0.25) is 0 Å². The number of aliphatic carboxylic acids is 1. The summed E-state index contributed by atoms with van der Waals surface area (Å²) in [5, 5.41) is 16.7. The van der Waals surface area contributed by atoms with Gasteiger partial charge in [0.2, 0.25) is 0 Å². The molecule has 0 radical (unpaired) electrons. The third-order valence-corrected chi connectivity index (χ3v) is 3.99. The zero-order valence-electron chi connectivity index (χ0n) is 8.01. The van der Waals surface area contributed by atoms with E-state index >= 15 is 0 Å². The van der Waals surface area contributed by atoms with Crippen molar-refractivity contribution in [3.05, 3.63) is 12.2 Å². The number of carbonyl (C=O) groups excluding carboxylic acids is 1. The van der Waals surface area contributed by atoms with E-state index in [9.17, 15) is 9.59 Å². The molecule has 0 aromatic rings. The van der Waals surface area contributed by atoms with Crippen molar-refractivity contribution in [1.82, 2.24) is 0 Å². The molecule has 2 bridgehead atoms. The molecule has 0 spiro atoms. The van der Waals surface area contributed by atoms with E-state index in [4.69, 9.17) is 10.5 Å². The van der Waals surface area contributed by atoms with Gasteiger partial charge in [-0.25, -0.2) is 0 Å². The number of hydrogen-bond acceptors (Lipinski definition) is 3. The molecule has 4 nitrogen and oxygen atoms in total. The quantitative estimate of drug-likeness (QED) is 0.489. The number of carboxylic acids is 1. The first kappa shape index (κ1) is 8.83. The van der Waals surface area contributed by atoms with Crippen molar-refractivity contribution >= 4 is 17.5 Å². The Balaban J connectivity index is 2.03. The lowest BCUT2D eigenvalue weighted by atomic mass is 9.85. The molecule has 0 heterocycles. The summed E-state index contributed by atoms with van der Waals surface area (Å²) in [4.78, 5) is 22.8. The molecule has 4 heteroatoms. The maximum Gasteiger partial charge on any atom is 0.319 e. The highest BCUT2D eigenvalue weighted by Gasteiger charge is 2.59. The lowest BCUT2D eigenvalue weighted by Crippen LogP contribution is -2.27. The van der Waals surface area contributed by atoms with Gasteiger partial charge in [0.15, 0.2) is 11.7 Å². The Bertz CT molecular complexity index is 382. The molecule has 5 atom stereocenters. The Morgan fingerprint density at radius 3 is 2.47 bits per heavy atom. The van der Waals surface area contributed by atoms with Crippen molar-refractivity contribution in [2.24, 2.45) is 29.6 Å². The maximum atomic E-state index is 11.9. The second kappa shape index (κ2) is 2.56. The van der Waals surface area contributed by atoms with Gasteiger partial charge in [-0.2, -0.15) is 0 Å². The van der Waals surface area contributed by atoms with E-state index in [1.54, 1.807) is 0 Å². The predicted octanol–water partition coefficient (Wildman–Crippen LogP) is 0.728. The van der Waals surface area contributed by atoms with Gasteiger partial charge in [-0.15, -0.1) is 0 Å². The van der Waals surface area contributed by atoms with E-state index in [0.717, 1.165) is 6.42 Å². The molecule has 78 valence electrons. The van der Waals surface area contributed by atoms with Crippen LogP contribution in [0.5, 0.6) is 0 Å². The largest absolute Gasteiger partial charge is 0.480 e. The van der Waals surface area contributed by atoms with Crippen LogP contribution in [0.25, 0.3) is 0 Å². The van der Waals surface area contributed by atoms with Crippen molar-refractivity contribution < 1.29 is 14.7 Å². The minimum atomic E-state index is -1.16. The van der Waals surface area contributed by atoms with E-state index in [0.29, 0.717) is 0 Å². The van der Waals surface area contributed by atoms with E-state index in [-0.39, 0.29) is 35.2 Å². The third kappa shape index (κ3) is 0.893. The molecule has 0 amide bonds. The molecule has 0 aromatic carbocycles. The van der Waals surface area contributed by atoms with Gasteiger partial charge in [-0.1, -0.05) is 12.2 Å². The SMILES string of the molecule is N=C1C(C(=O)O)C(=O)C2C3C=CC(C3)C12. The number of ketones is 1. The van der Waals surface area contributed by atoms with Gasteiger partial charge in [0.1, 0.15) is 0 Å². The second-order valence-corrected chi connectivity index (χ2v) is 4.63. The summed E-state index contributed by atoms with van der Waals surface area (Å²) >= 11 is 0. The summed E-state index contributed by atoms with van der Waals surface area (Å²) in [5.41, 5.74) is 0.134. The van der Waals surface area contributed by atoms with Gasteiger partial charge in [-0.3, -0.25) is 9.59 Å². The molecule has 5 unspecified atom stereocenters. The van der Waals surface area contributed by atoms with Crippen molar-refractivity contribution in [3.63, 3.8) is 0 Å². The number of carboxylic acid groups (broad SMARTS) is 1. The molecule has 3 aliphatic rings. The Hall–Kier alpha value is -1.45. The molecule has 2 saturated carbocycles. The number of Topliss-reactive ketones (excluding diaryl/α,β-unsaturated/α-hetero) is 1. The van der Waals surface area contributed by atoms with Crippen LogP contribution in [0.4, 0.5) is 0 Å². The first-order valence-electron chi connectivity index (χ1n) is 5.14. The molecule has 2 fully saturated rings. The number of fused-ring (bicyclic) bond motifs is 5. The minimum Gasteiger partial charge on any atom is -0.480 e. The predicted molar refractivity (Wildman–Crippen MR) is 51.6 cm³/mol. The highest BCUT2D eigenvalue weighted by Crippen LogP contribution is 2.53. The maximum absolute atomic E-state index is 11.9. The Morgan fingerprint density at radius 1 is 1.33 bits per heavy atom. The number of carbonyl (C=O) groups is 2. The van der Waals surface area contributed by atoms with E-state index in [2.05, 4.69) is 0 Å². The van der Waals surface area contributed by atoms with E-state index in [1.165, 1.54) is 0 Å². The molecular weight excluding hydrogens is 194 g/mol. The standard InChI is InChI=1S/C11H11NO3/c12-9-6-4-1-2-5(3-4)7(6)10(13)8(9)11(14)15/h1-2,4-8,12H,3H2,(H,14,15). The fourth-order valence-electron chi connectivity index (χ4n) is 3.43. The first-order chi connectivity index (χ1) is 7.11. The Morgan fingerprint density at radius 2 is 1.93 bits per heavy atom. The van der Waals surface area contributed by atoms with Crippen molar-refractivity contribution in [2.45, 2.75) is 6.42 Å². The van der Waals surface area contributed by atoms with Crippen LogP contribution in [0.3, 0.4) is 0 Å². The summed E-state index contributed by atoms with van der Waals surface area (Å²) in [6.07, 6.45) is 4.98. The highest BCUT2D eigenvalue weighted by atomic mass is 16.4. The highest BCUT2D eigenvalue weighted by molar-refractivity contribution is 6.24. The summed E-state index contributed by atoms with van der Waals surface area (Å²) in [7, 11) is 0. The van der Waals surface area contributed by atoms with E-state index < -0.39 is 11.9 Å². The van der Waals surface area contributed by atoms with Gasteiger partial charge >= 0.3 is 5.97 Å². The average Bonchev–Trinajstić information content (AvgIpc) is 2.79. The topological polar surface area (TPSA) is 78.2 Å². The minimum absolute atomic E-state index is 0.117. The summed E-state index contributed by atoms with van der Waals surface area (Å²) < 4.78 is 0. The van der Waals surface area contributed by atoms with Crippen LogP contribution >= 0.6 is 0 Å². The molecule has 0 aliphatic heterocycles. The monoisotopic (exact) mass is 205 g/mol. The molecule has 0 aromatic heterocycles. The molecular formula is C11H11NO3. The van der Waals surface area contributed by atoms with Crippen molar-refractivity contribution in [3.8, 4) is 0 Å². The van der Waals surface area contributed by atoms with Gasteiger partial charge in [0, 0.05) is 17.5 Å². The van der Waals surface area contributed by atoms with Crippen LogP contribution in [0, 0.1) is 35.0 Å². The Kier molecular flexibility index (Phi) is 1.51. The summed E-state index contributed by atoms with van der Waals surface area (Å²) in [6, 6.07) is 0. The van der Waals surface area contributed by atoms with Crippen molar-refractivity contribution in [2.75, 3.05) is 0 Å². The molecule has 2 N–H and O–H groups in total. The molecule has 3 aliphatic carbocycles. The fraction of sp³-hybridized carbons (Fsp3) is 0.545. The molecule has 0 saturated heterocycles. The molecule has 3 rings (SSSR count). The van der Waals surface area contributed by atoms with Crippen LogP contribution in [-0.2, 0) is 9.59 Å². The van der Waals surface area contributed by atoms with Gasteiger partial charge in [0.05, 0.1) is 0 Å². The van der Waals surface area contributed by atoms with Crippen LogP contribution in [0.15, 0.2) is 12.2 Å². The Labute approximate surface area is 86.5 Å².